The lowest BCUT2D eigenvalue weighted by atomic mass is 10.2. The van der Waals surface area contributed by atoms with Crippen molar-refractivity contribution >= 4 is 17.0 Å². The van der Waals surface area contributed by atoms with E-state index in [1.807, 2.05) is 36.4 Å². The molecule has 3 aromatic carbocycles. The van der Waals surface area contributed by atoms with Crippen LogP contribution in [0.4, 0.5) is 13.2 Å². The van der Waals surface area contributed by atoms with E-state index in [-0.39, 0.29) is 29.1 Å². The van der Waals surface area contributed by atoms with E-state index in [0.717, 1.165) is 5.56 Å². The van der Waals surface area contributed by atoms with Crippen LogP contribution in [0.5, 0.6) is 23.0 Å². The zero-order chi connectivity index (χ0) is 24.1. The number of hydrogen-bond donors (Lipinski definition) is 0. The average Bonchev–Trinajstić information content (AvgIpc) is 2.83. The van der Waals surface area contributed by atoms with E-state index in [0.29, 0.717) is 5.75 Å². The van der Waals surface area contributed by atoms with Gasteiger partial charge < -0.3 is 18.6 Å². The van der Waals surface area contributed by atoms with Gasteiger partial charge in [-0.1, -0.05) is 42.5 Å². The Balaban J connectivity index is 1.64. The Morgan fingerprint density at radius 2 is 1.68 bits per heavy atom. The summed E-state index contributed by atoms with van der Waals surface area (Å²) >= 11 is 0. The SMILES string of the molecule is COc1cccc(Oc2c(C(F)(F)F)oc3cc(OC/C=C/c4ccccc4)ccc3c2=O)c1. The summed E-state index contributed by atoms with van der Waals surface area (Å²) < 4.78 is 62.3. The molecule has 1 aromatic heterocycles. The number of rotatable bonds is 7. The fourth-order valence-corrected chi connectivity index (χ4v) is 3.20. The molecule has 0 aliphatic rings. The summed E-state index contributed by atoms with van der Waals surface area (Å²) in [6, 6.07) is 19.5. The molecule has 5 nitrogen and oxygen atoms in total. The monoisotopic (exact) mass is 468 g/mol. The van der Waals surface area contributed by atoms with Gasteiger partial charge in [-0.15, -0.1) is 0 Å². The first kappa shape index (κ1) is 23.0. The first-order valence-corrected chi connectivity index (χ1v) is 10.2. The minimum absolute atomic E-state index is 0.00153. The molecule has 0 unspecified atom stereocenters. The number of methoxy groups -OCH3 is 1. The third kappa shape index (κ3) is 5.23. The molecule has 4 rings (SSSR count). The van der Waals surface area contributed by atoms with Gasteiger partial charge in [0, 0.05) is 12.1 Å². The largest absolute Gasteiger partial charge is 0.497 e. The van der Waals surface area contributed by atoms with Crippen LogP contribution in [0.1, 0.15) is 11.3 Å². The van der Waals surface area contributed by atoms with Crippen LogP contribution in [0.2, 0.25) is 0 Å². The third-order valence-electron chi connectivity index (χ3n) is 4.80. The number of alkyl halides is 3. The van der Waals surface area contributed by atoms with E-state index in [9.17, 15) is 18.0 Å². The highest BCUT2D eigenvalue weighted by Crippen LogP contribution is 2.39. The summed E-state index contributed by atoms with van der Waals surface area (Å²) in [6.07, 6.45) is -1.34. The summed E-state index contributed by atoms with van der Waals surface area (Å²) in [7, 11) is 1.40. The smallest absolute Gasteiger partial charge is 0.453 e. The molecule has 0 fully saturated rings. The predicted molar refractivity (Wildman–Crippen MR) is 122 cm³/mol. The van der Waals surface area contributed by atoms with E-state index in [1.165, 1.54) is 43.5 Å². The van der Waals surface area contributed by atoms with E-state index >= 15 is 0 Å². The van der Waals surface area contributed by atoms with Gasteiger partial charge in [-0.05, 0) is 35.9 Å². The second kappa shape index (κ2) is 9.74. The first-order valence-electron chi connectivity index (χ1n) is 10.2. The van der Waals surface area contributed by atoms with Gasteiger partial charge in [0.15, 0.2) is 0 Å². The Labute approximate surface area is 192 Å². The van der Waals surface area contributed by atoms with Crippen LogP contribution in [-0.2, 0) is 6.18 Å². The molecular formula is C26H19F3O5. The molecule has 0 aliphatic carbocycles. The molecule has 8 heteroatoms. The highest BCUT2D eigenvalue weighted by Gasteiger charge is 2.40. The lowest BCUT2D eigenvalue weighted by molar-refractivity contribution is -0.154. The quantitative estimate of drug-likeness (QED) is 0.302. The number of hydrogen-bond acceptors (Lipinski definition) is 5. The van der Waals surface area contributed by atoms with Gasteiger partial charge in [-0.2, -0.15) is 13.2 Å². The van der Waals surface area contributed by atoms with Gasteiger partial charge in [-0.3, -0.25) is 4.79 Å². The summed E-state index contributed by atoms with van der Waals surface area (Å²) in [5.41, 5.74) is -0.235. The van der Waals surface area contributed by atoms with Gasteiger partial charge in [0.2, 0.25) is 11.2 Å². The lowest BCUT2D eigenvalue weighted by Crippen LogP contribution is -2.15. The van der Waals surface area contributed by atoms with Gasteiger partial charge in [-0.25, -0.2) is 0 Å². The molecule has 0 atom stereocenters. The van der Waals surface area contributed by atoms with Crippen LogP contribution in [0.25, 0.3) is 17.0 Å². The maximum absolute atomic E-state index is 13.7. The number of halogens is 3. The Morgan fingerprint density at radius 3 is 2.41 bits per heavy atom. The molecule has 174 valence electrons. The molecule has 0 aliphatic heterocycles. The van der Waals surface area contributed by atoms with Crippen LogP contribution >= 0.6 is 0 Å². The fraction of sp³-hybridized carbons (Fsp3) is 0.115. The molecule has 0 spiro atoms. The maximum atomic E-state index is 13.7. The van der Waals surface area contributed by atoms with Crippen molar-refractivity contribution in [1.82, 2.24) is 0 Å². The summed E-state index contributed by atoms with van der Waals surface area (Å²) in [6.45, 7) is 0.174. The van der Waals surface area contributed by atoms with Crippen molar-refractivity contribution in [1.29, 1.82) is 0 Å². The van der Waals surface area contributed by atoms with Gasteiger partial charge in [0.1, 0.15) is 29.4 Å². The molecule has 0 saturated heterocycles. The fourth-order valence-electron chi connectivity index (χ4n) is 3.20. The van der Waals surface area contributed by atoms with Crippen molar-refractivity contribution in [2.45, 2.75) is 6.18 Å². The zero-order valence-corrected chi connectivity index (χ0v) is 18.0. The Hall–Kier alpha value is -4.20. The Bertz CT molecular complexity index is 1380. The predicted octanol–water partition coefficient (Wildman–Crippen LogP) is 6.70. The van der Waals surface area contributed by atoms with E-state index < -0.39 is 23.1 Å². The molecule has 34 heavy (non-hydrogen) atoms. The second-order valence-electron chi connectivity index (χ2n) is 7.15. The summed E-state index contributed by atoms with van der Waals surface area (Å²) in [4.78, 5) is 12.9. The number of ether oxygens (including phenoxy) is 3. The molecule has 0 amide bonds. The van der Waals surface area contributed by atoms with Gasteiger partial charge in [0.05, 0.1) is 12.5 Å². The molecule has 0 N–H and O–H groups in total. The minimum Gasteiger partial charge on any atom is -0.497 e. The van der Waals surface area contributed by atoms with Crippen molar-refractivity contribution in [3.63, 3.8) is 0 Å². The van der Waals surface area contributed by atoms with Crippen molar-refractivity contribution in [3.8, 4) is 23.0 Å². The second-order valence-corrected chi connectivity index (χ2v) is 7.15. The lowest BCUT2D eigenvalue weighted by Gasteiger charge is -2.14. The first-order chi connectivity index (χ1) is 16.3. The van der Waals surface area contributed by atoms with Crippen LogP contribution in [0, 0.1) is 0 Å². The number of fused-ring (bicyclic) bond motifs is 1. The van der Waals surface area contributed by atoms with Crippen LogP contribution in [0.15, 0.2) is 88.1 Å². The zero-order valence-electron chi connectivity index (χ0n) is 18.0. The van der Waals surface area contributed by atoms with Crippen LogP contribution in [0.3, 0.4) is 0 Å². The molecule has 0 bridgehead atoms. The highest BCUT2D eigenvalue weighted by atomic mass is 19.4. The van der Waals surface area contributed by atoms with E-state index in [2.05, 4.69) is 0 Å². The molecule has 0 radical (unpaired) electrons. The van der Waals surface area contributed by atoms with Gasteiger partial charge in [0.25, 0.3) is 5.76 Å². The standard InChI is InChI=1S/C26H19F3O5/c1-31-18-10-5-11-20(15-18)33-24-23(30)21-13-12-19(16-22(21)34-25(24)26(27,28)29)32-14-6-9-17-7-3-2-4-8-17/h2-13,15-16H,14H2,1H3/b9-6+. The maximum Gasteiger partial charge on any atom is 0.453 e. The van der Waals surface area contributed by atoms with Crippen molar-refractivity contribution < 1.29 is 31.8 Å². The van der Waals surface area contributed by atoms with E-state index in [4.69, 9.17) is 18.6 Å². The van der Waals surface area contributed by atoms with Crippen molar-refractivity contribution in [2.24, 2.45) is 0 Å². The van der Waals surface area contributed by atoms with Crippen molar-refractivity contribution in [3.05, 3.63) is 100 Å². The number of benzene rings is 3. The van der Waals surface area contributed by atoms with Crippen LogP contribution in [-0.4, -0.2) is 13.7 Å². The van der Waals surface area contributed by atoms with Crippen LogP contribution < -0.4 is 19.6 Å². The Kier molecular flexibility index (Phi) is 6.58. The normalized spacial score (nSPS) is 11.6. The summed E-state index contributed by atoms with van der Waals surface area (Å²) in [5, 5.41) is -0.0712. The average molecular weight is 468 g/mol. The minimum atomic E-state index is -4.96. The Morgan fingerprint density at radius 1 is 0.912 bits per heavy atom. The third-order valence-corrected chi connectivity index (χ3v) is 4.80. The van der Waals surface area contributed by atoms with E-state index in [1.54, 1.807) is 12.1 Å². The molecule has 1 heterocycles. The highest BCUT2D eigenvalue weighted by molar-refractivity contribution is 5.79. The molecule has 0 saturated carbocycles. The molecular weight excluding hydrogens is 449 g/mol. The molecule has 4 aromatic rings. The summed E-state index contributed by atoms with van der Waals surface area (Å²) in [5.74, 6) is -1.87. The van der Waals surface area contributed by atoms with Gasteiger partial charge >= 0.3 is 6.18 Å². The van der Waals surface area contributed by atoms with Crippen molar-refractivity contribution in [2.75, 3.05) is 13.7 Å². The topological polar surface area (TPSA) is 57.9 Å².